The maximum absolute atomic E-state index is 4.60. The topological polar surface area (TPSA) is 24.1 Å². The number of thiol groups is 2. The minimum atomic E-state index is 0.944. The van der Waals surface area contributed by atoms with Gasteiger partial charge in [0.05, 0.1) is 11.4 Å². The number of benzene rings is 1. The van der Waals surface area contributed by atoms with E-state index >= 15 is 0 Å². The number of hydrogen-bond donors (Lipinski definition) is 4. The second-order valence-electron chi connectivity index (χ2n) is 6.09. The van der Waals surface area contributed by atoms with Crippen LogP contribution >= 0.6 is 25.3 Å². The van der Waals surface area contributed by atoms with Gasteiger partial charge in [0, 0.05) is 21.2 Å². The van der Waals surface area contributed by atoms with Gasteiger partial charge in [-0.2, -0.15) is 0 Å². The van der Waals surface area contributed by atoms with E-state index in [2.05, 4.69) is 54.1 Å². The van der Waals surface area contributed by atoms with Crippen molar-refractivity contribution in [3.05, 3.63) is 35.7 Å². The Labute approximate surface area is 144 Å². The molecule has 4 heteroatoms. The van der Waals surface area contributed by atoms with E-state index in [1.54, 1.807) is 0 Å². The molecule has 3 rings (SSSR count). The van der Waals surface area contributed by atoms with E-state index in [1.165, 1.54) is 49.9 Å². The number of rotatable bonds is 4. The molecule has 0 saturated carbocycles. The fourth-order valence-corrected chi connectivity index (χ4v) is 3.63. The van der Waals surface area contributed by atoms with Crippen molar-refractivity contribution in [1.82, 2.24) is 0 Å². The van der Waals surface area contributed by atoms with Crippen LogP contribution in [0.5, 0.6) is 0 Å². The largest absolute Gasteiger partial charge is 0.358 e. The first-order valence-electron chi connectivity index (χ1n) is 8.20. The Balaban J connectivity index is 1.79. The van der Waals surface area contributed by atoms with Crippen molar-refractivity contribution in [3.63, 3.8) is 0 Å². The first kappa shape index (κ1) is 15.9. The van der Waals surface area contributed by atoms with Crippen LogP contribution in [0.4, 0.5) is 11.4 Å². The predicted molar refractivity (Wildman–Crippen MR) is 101 cm³/mol. The molecule has 0 aromatic heterocycles. The Bertz CT molecular complexity index is 556. The van der Waals surface area contributed by atoms with Gasteiger partial charge in [-0.25, -0.2) is 0 Å². The molecular formula is C18H24N2S2. The smallest absolute Gasteiger partial charge is 0.0538 e. The molecule has 0 saturated heterocycles. The summed E-state index contributed by atoms with van der Waals surface area (Å²) in [5.74, 6) is 0. The lowest BCUT2D eigenvalue weighted by Crippen LogP contribution is -2.07. The van der Waals surface area contributed by atoms with Crippen LogP contribution in [0.15, 0.2) is 45.5 Å². The molecule has 0 fully saturated rings. The van der Waals surface area contributed by atoms with Crippen molar-refractivity contribution in [3.8, 4) is 0 Å². The molecule has 0 amide bonds. The summed E-state index contributed by atoms with van der Waals surface area (Å²) < 4.78 is 0. The van der Waals surface area contributed by atoms with Crippen molar-refractivity contribution in [1.29, 1.82) is 0 Å². The molecule has 22 heavy (non-hydrogen) atoms. The maximum atomic E-state index is 4.60. The molecule has 0 heterocycles. The molecule has 0 unspecified atom stereocenters. The molecule has 0 atom stereocenters. The lowest BCUT2D eigenvalue weighted by atomic mass is 10.0. The third kappa shape index (κ3) is 4.05. The average molecular weight is 333 g/mol. The Kier molecular flexibility index (Phi) is 5.42. The molecule has 2 nitrogen and oxygen atoms in total. The van der Waals surface area contributed by atoms with Gasteiger partial charge in [0.15, 0.2) is 0 Å². The van der Waals surface area contributed by atoms with Crippen LogP contribution in [0, 0.1) is 0 Å². The van der Waals surface area contributed by atoms with Crippen LogP contribution in [0.25, 0.3) is 0 Å². The highest BCUT2D eigenvalue weighted by molar-refractivity contribution is 7.81. The first-order valence-corrected chi connectivity index (χ1v) is 9.10. The van der Waals surface area contributed by atoms with Gasteiger partial charge < -0.3 is 10.6 Å². The van der Waals surface area contributed by atoms with E-state index in [-0.39, 0.29) is 0 Å². The second kappa shape index (κ2) is 7.51. The van der Waals surface area contributed by atoms with Crippen molar-refractivity contribution in [2.75, 3.05) is 10.6 Å². The molecule has 1 aromatic carbocycles. The molecule has 2 N–H and O–H groups in total. The summed E-state index contributed by atoms with van der Waals surface area (Å²) >= 11 is 9.20. The minimum Gasteiger partial charge on any atom is -0.358 e. The van der Waals surface area contributed by atoms with Crippen LogP contribution in [-0.2, 0) is 0 Å². The van der Waals surface area contributed by atoms with Crippen LogP contribution < -0.4 is 10.6 Å². The van der Waals surface area contributed by atoms with Crippen molar-refractivity contribution < 1.29 is 0 Å². The summed E-state index contributed by atoms with van der Waals surface area (Å²) in [4.78, 5) is 1.89. The number of anilines is 2. The molecule has 118 valence electrons. The van der Waals surface area contributed by atoms with Gasteiger partial charge in [-0.15, -0.1) is 25.3 Å². The molecule has 1 aromatic rings. The van der Waals surface area contributed by atoms with Crippen LogP contribution in [0.3, 0.4) is 0 Å². The highest BCUT2D eigenvalue weighted by atomic mass is 32.1. The maximum Gasteiger partial charge on any atom is 0.0538 e. The SMILES string of the molecule is Sc1cc(S)c(NC2=CCCCC2)cc1NC1=CCCCC1. The standard InChI is InChI=1S/C18H24N2S2/c21-17-12-18(22)16(20-14-9-5-2-6-10-14)11-15(17)19-13-7-3-1-4-8-13/h7,9,11-12,19-22H,1-6,8,10H2. The highest BCUT2D eigenvalue weighted by Crippen LogP contribution is 2.34. The van der Waals surface area contributed by atoms with Gasteiger partial charge >= 0.3 is 0 Å². The van der Waals surface area contributed by atoms with E-state index in [0.29, 0.717) is 0 Å². The number of nitrogens with one attached hydrogen (secondary N) is 2. The Morgan fingerprint density at radius 1 is 0.682 bits per heavy atom. The van der Waals surface area contributed by atoms with Crippen LogP contribution in [0.2, 0.25) is 0 Å². The van der Waals surface area contributed by atoms with Crippen LogP contribution in [0.1, 0.15) is 51.4 Å². The zero-order chi connectivity index (χ0) is 15.4. The average Bonchev–Trinajstić information content (AvgIpc) is 2.54. The van der Waals surface area contributed by atoms with E-state index in [1.807, 2.05) is 6.07 Å². The first-order chi connectivity index (χ1) is 10.7. The number of hydrogen-bond acceptors (Lipinski definition) is 4. The van der Waals surface area contributed by atoms with Gasteiger partial charge in [0.1, 0.15) is 0 Å². The molecule has 0 bridgehead atoms. The summed E-state index contributed by atoms with van der Waals surface area (Å²) in [5, 5.41) is 7.09. The van der Waals surface area contributed by atoms with Crippen molar-refractivity contribution >= 4 is 36.6 Å². The van der Waals surface area contributed by atoms with Gasteiger partial charge in [0.2, 0.25) is 0 Å². The summed E-state index contributed by atoms with van der Waals surface area (Å²) in [6.45, 7) is 0. The van der Waals surface area contributed by atoms with Crippen LogP contribution in [-0.4, -0.2) is 0 Å². The van der Waals surface area contributed by atoms with Crippen molar-refractivity contribution in [2.45, 2.75) is 61.2 Å². The quantitative estimate of drug-likeness (QED) is 0.508. The fraction of sp³-hybridized carbons (Fsp3) is 0.444. The summed E-state index contributed by atoms with van der Waals surface area (Å²) in [7, 11) is 0. The number of allylic oxidation sites excluding steroid dienone is 4. The molecule has 0 spiro atoms. The highest BCUT2D eigenvalue weighted by Gasteiger charge is 2.11. The van der Waals surface area contributed by atoms with E-state index in [9.17, 15) is 0 Å². The molecule has 2 aliphatic rings. The lowest BCUT2D eigenvalue weighted by molar-refractivity contribution is 0.703. The molecule has 2 aliphatic carbocycles. The van der Waals surface area contributed by atoms with E-state index in [0.717, 1.165) is 34.0 Å². The zero-order valence-corrected chi connectivity index (χ0v) is 14.6. The molecular weight excluding hydrogens is 308 g/mol. The zero-order valence-electron chi connectivity index (χ0n) is 12.9. The Morgan fingerprint density at radius 2 is 1.18 bits per heavy atom. The van der Waals surface area contributed by atoms with Gasteiger partial charge in [-0.1, -0.05) is 12.2 Å². The summed E-state index contributed by atoms with van der Waals surface area (Å²) in [6.07, 6.45) is 14.4. The normalized spacial score (nSPS) is 18.5. The Hall–Kier alpha value is -1.00. The fourth-order valence-electron chi connectivity index (χ4n) is 3.03. The van der Waals surface area contributed by atoms with Gasteiger partial charge in [-0.3, -0.25) is 0 Å². The molecule has 0 radical (unpaired) electrons. The minimum absolute atomic E-state index is 0.944. The van der Waals surface area contributed by atoms with E-state index < -0.39 is 0 Å². The molecule has 0 aliphatic heterocycles. The van der Waals surface area contributed by atoms with Crippen molar-refractivity contribution in [2.24, 2.45) is 0 Å². The van der Waals surface area contributed by atoms with Gasteiger partial charge in [0.25, 0.3) is 0 Å². The second-order valence-corrected chi connectivity index (χ2v) is 7.05. The van der Waals surface area contributed by atoms with Gasteiger partial charge in [-0.05, 0) is 63.5 Å². The lowest BCUT2D eigenvalue weighted by Gasteiger charge is -2.20. The Morgan fingerprint density at radius 3 is 1.59 bits per heavy atom. The summed E-state index contributed by atoms with van der Waals surface area (Å²) in [5.41, 5.74) is 4.76. The predicted octanol–water partition coefficient (Wildman–Crippen LogP) is 6.00. The summed E-state index contributed by atoms with van der Waals surface area (Å²) in [6, 6.07) is 4.15. The van der Waals surface area contributed by atoms with E-state index in [4.69, 9.17) is 0 Å². The third-order valence-electron chi connectivity index (χ3n) is 4.29. The monoisotopic (exact) mass is 332 g/mol. The third-order valence-corrected chi connectivity index (χ3v) is 5.03.